The lowest BCUT2D eigenvalue weighted by Gasteiger charge is -2.07. The summed E-state index contributed by atoms with van der Waals surface area (Å²) in [5.74, 6) is 0.653. The zero-order valence-electron chi connectivity index (χ0n) is 16.0. The summed E-state index contributed by atoms with van der Waals surface area (Å²) in [6, 6.07) is 7.52. The van der Waals surface area contributed by atoms with Gasteiger partial charge in [0.05, 0.1) is 5.69 Å². The average molecular weight is 362 g/mol. The highest BCUT2D eigenvalue weighted by molar-refractivity contribution is 5.97. The van der Waals surface area contributed by atoms with Crippen molar-refractivity contribution in [3.63, 3.8) is 0 Å². The predicted molar refractivity (Wildman–Crippen MR) is 107 cm³/mol. The summed E-state index contributed by atoms with van der Waals surface area (Å²) >= 11 is 0. The number of aryl methyl sites for hydroxylation is 3. The number of rotatable bonds is 4. The van der Waals surface area contributed by atoms with Gasteiger partial charge in [-0.15, -0.1) is 0 Å². The van der Waals surface area contributed by atoms with Crippen molar-refractivity contribution in [2.75, 3.05) is 6.54 Å². The van der Waals surface area contributed by atoms with Crippen molar-refractivity contribution in [2.45, 2.75) is 34.2 Å². The van der Waals surface area contributed by atoms with Crippen molar-refractivity contribution in [1.29, 1.82) is 0 Å². The fraction of sp³-hybridized carbons (Fsp3) is 0.273. The molecule has 0 saturated carbocycles. The third-order valence-corrected chi connectivity index (χ3v) is 5.08. The number of nitrogens with zero attached hydrogens (tertiary/aromatic N) is 1. The Hall–Kier alpha value is -2.92. The molecule has 0 aliphatic heterocycles. The lowest BCUT2D eigenvalue weighted by Crippen LogP contribution is -2.12. The lowest BCUT2D eigenvalue weighted by molar-refractivity contribution is 0.557. The van der Waals surface area contributed by atoms with Crippen LogP contribution < -0.4 is 10.9 Å². The van der Waals surface area contributed by atoms with Gasteiger partial charge in [-0.25, -0.2) is 4.79 Å². The van der Waals surface area contributed by atoms with Gasteiger partial charge in [0.1, 0.15) is 11.3 Å². The highest BCUT2D eigenvalue weighted by atomic mass is 16.4. The first kappa shape index (κ1) is 17.5. The van der Waals surface area contributed by atoms with E-state index in [1.807, 2.05) is 45.2 Å². The molecule has 0 amide bonds. The van der Waals surface area contributed by atoms with E-state index in [-0.39, 0.29) is 5.63 Å². The van der Waals surface area contributed by atoms with Gasteiger partial charge in [-0.1, -0.05) is 19.1 Å². The molecular weight excluding hydrogens is 340 g/mol. The van der Waals surface area contributed by atoms with Gasteiger partial charge >= 0.3 is 5.63 Å². The number of hydrogen-bond donors (Lipinski definition) is 1. The summed E-state index contributed by atoms with van der Waals surface area (Å²) < 4.78 is 11.7. The minimum absolute atomic E-state index is 0.380. The minimum Gasteiger partial charge on any atom is -0.454 e. The first-order valence-corrected chi connectivity index (χ1v) is 9.12. The monoisotopic (exact) mass is 362 g/mol. The van der Waals surface area contributed by atoms with E-state index in [1.54, 1.807) is 0 Å². The SMILES string of the molecule is CCNCc1cnc(C)c2oc(-c3cc(=O)oc4c(C)c(C)ccc34)cc12. The maximum absolute atomic E-state index is 12.2. The molecule has 5 nitrogen and oxygen atoms in total. The summed E-state index contributed by atoms with van der Waals surface area (Å²) in [6.45, 7) is 9.56. The quantitative estimate of drug-likeness (QED) is 0.536. The van der Waals surface area contributed by atoms with Crippen molar-refractivity contribution in [3.8, 4) is 11.3 Å². The molecule has 5 heteroatoms. The Labute approximate surface area is 157 Å². The number of hydrogen-bond acceptors (Lipinski definition) is 5. The predicted octanol–water partition coefficient (Wildman–Crippen LogP) is 4.64. The van der Waals surface area contributed by atoms with Gasteiger partial charge in [-0.2, -0.15) is 0 Å². The molecule has 0 fully saturated rings. The number of fused-ring (bicyclic) bond motifs is 2. The Kier molecular flexibility index (Phi) is 4.32. The van der Waals surface area contributed by atoms with Crippen molar-refractivity contribution in [1.82, 2.24) is 10.3 Å². The zero-order valence-corrected chi connectivity index (χ0v) is 16.0. The second-order valence-corrected chi connectivity index (χ2v) is 6.87. The van der Waals surface area contributed by atoms with Gasteiger partial charge in [0.2, 0.25) is 0 Å². The third kappa shape index (κ3) is 2.94. The van der Waals surface area contributed by atoms with E-state index in [2.05, 4.69) is 17.2 Å². The van der Waals surface area contributed by atoms with E-state index in [0.29, 0.717) is 11.3 Å². The molecule has 0 saturated heterocycles. The molecule has 0 bridgehead atoms. The summed E-state index contributed by atoms with van der Waals surface area (Å²) in [4.78, 5) is 16.7. The van der Waals surface area contributed by atoms with E-state index in [1.165, 1.54) is 6.07 Å². The number of nitrogens with one attached hydrogen (secondary N) is 1. The fourth-order valence-corrected chi connectivity index (χ4v) is 3.40. The average Bonchev–Trinajstić information content (AvgIpc) is 3.10. The third-order valence-electron chi connectivity index (χ3n) is 5.08. The van der Waals surface area contributed by atoms with Crippen molar-refractivity contribution in [2.24, 2.45) is 0 Å². The van der Waals surface area contributed by atoms with Gasteiger partial charge in [0, 0.05) is 35.1 Å². The van der Waals surface area contributed by atoms with E-state index >= 15 is 0 Å². The molecule has 0 aliphatic carbocycles. The van der Waals surface area contributed by atoms with Gasteiger partial charge in [0.25, 0.3) is 0 Å². The van der Waals surface area contributed by atoms with Gasteiger partial charge in [-0.05, 0) is 50.1 Å². The topological polar surface area (TPSA) is 68.3 Å². The van der Waals surface area contributed by atoms with Crippen LogP contribution in [0.2, 0.25) is 0 Å². The summed E-state index contributed by atoms with van der Waals surface area (Å²) in [5.41, 5.74) is 5.69. The molecule has 1 N–H and O–H groups in total. The van der Waals surface area contributed by atoms with Crippen LogP contribution in [0.4, 0.5) is 0 Å². The largest absolute Gasteiger partial charge is 0.454 e. The molecule has 1 aromatic carbocycles. The molecule has 3 aromatic heterocycles. The van der Waals surface area contributed by atoms with Crippen LogP contribution in [0.3, 0.4) is 0 Å². The highest BCUT2D eigenvalue weighted by Gasteiger charge is 2.17. The van der Waals surface area contributed by atoms with Crippen molar-refractivity contribution >= 4 is 21.9 Å². The first-order valence-electron chi connectivity index (χ1n) is 9.12. The molecule has 0 spiro atoms. The Morgan fingerprint density at radius 3 is 2.63 bits per heavy atom. The Morgan fingerprint density at radius 1 is 1.04 bits per heavy atom. The van der Waals surface area contributed by atoms with Gasteiger partial charge < -0.3 is 14.2 Å². The van der Waals surface area contributed by atoms with E-state index in [9.17, 15) is 4.79 Å². The molecule has 0 aliphatic rings. The first-order chi connectivity index (χ1) is 13.0. The fourth-order valence-electron chi connectivity index (χ4n) is 3.40. The normalized spacial score (nSPS) is 11.6. The molecular formula is C22H22N2O3. The Balaban J connectivity index is 1.99. The van der Waals surface area contributed by atoms with Crippen LogP contribution in [0.15, 0.2) is 44.1 Å². The summed E-state index contributed by atoms with van der Waals surface area (Å²) in [5, 5.41) is 5.22. The maximum Gasteiger partial charge on any atom is 0.336 e. The number of benzene rings is 1. The highest BCUT2D eigenvalue weighted by Crippen LogP contribution is 2.35. The molecule has 0 radical (unpaired) electrons. The van der Waals surface area contributed by atoms with E-state index < -0.39 is 0 Å². The smallest absolute Gasteiger partial charge is 0.336 e. The standard InChI is InChI=1S/C22H22N2O3/c1-5-23-10-15-11-24-14(4)22-17(15)8-19(26-22)18-9-20(25)27-21-13(3)12(2)6-7-16(18)21/h6-9,11,23H,5,10H2,1-4H3. The molecule has 3 heterocycles. The van der Waals surface area contributed by atoms with Crippen LogP contribution in [0.1, 0.15) is 29.3 Å². The summed E-state index contributed by atoms with van der Waals surface area (Å²) in [7, 11) is 0. The van der Waals surface area contributed by atoms with Crippen molar-refractivity contribution in [3.05, 3.63) is 63.3 Å². The van der Waals surface area contributed by atoms with Crippen LogP contribution in [-0.2, 0) is 6.54 Å². The van der Waals surface area contributed by atoms with Crippen molar-refractivity contribution < 1.29 is 8.83 Å². The van der Waals surface area contributed by atoms with E-state index in [4.69, 9.17) is 8.83 Å². The molecule has 138 valence electrons. The molecule has 4 rings (SSSR count). The second kappa shape index (κ2) is 6.67. The number of furan rings is 1. The second-order valence-electron chi connectivity index (χ2n) is 6.87. The molecule has 0 atom stereocenters. The maximum atomic E-state index is 12.2. The minimum atomic E-state index is -0.380. The van der Waals surface area contributed by atoms with Crippen LogP contribution >= 0.6 is 0 Å². The zero-order chi connectivity index (χ0) is 19.1. The molecule has 27 heavy (non-hydrogen) atoms. The molecule has 4 aromatic rings. The number of aromatic nitrogens is 1. The van der Waals surface area contributed by atoms with Crippen LogP contribution in [0, 0.1) is 20.8 Å². The van der Waals surface area contributed by atoms with E-state index in [0.717, 1.165) is 57.4 Å². The van der Waals surface area contributed by atoms with Gasteiger partial charge in [-0.3, -0.25) is 4.98 Å². The van der Waals surface area contributed by atoms with Crippen LogP contribution in [0.25, 0.3) is 33.3 Å². The van der Waals surface area contributed by atoms with Crippen LogP contribution in [0.5, 0.6) is 0 Å². The van der Waals surface area contributed by atoms with Crippen LogP contribution in [-0.4, -0.2) is 11.5 Å². The lowest BCUT2D eigenvalue weighted by atomic mass is 10.0. The summed E-state index contributed by atoms with van der Waals surface area (Å²) in [6.07, 6.45) is 1.88. The van der Waals surface area contributed by atoms with Gasteiger partial charge in [0.15, 0.2) is 5.58 Å². The molecule has 0 unspecified atom stereocenters. The Morgan fingerprint density at radius 2 is 1.85 bits per heavy atom. The number of pyridine rings is 1. The Bertz CT molecular complexity index is 1220.